The van der Waals surface area contributed by atoms with Gasteiger partial charge < -0.3 is 14.4 Å². The number of anilines is 2. The highest BCUT2D eigenvalue weighted by Crippen LogP contribution is 2.37. The van der Waals surface area contributed by atoms with Gasteiger partial charge in [-0.1, -0.05) is 32.4 Å². The summed E-state index contributed by atoms with van der Waals surface area (Å²) in [6.45, 7) is 7.11. The smallest absolute Gasteiger partial charge is 0.431 e. The fourth-order valence-corrected chi connectivity index (χ4v) is 5.12. The first-order chi connectivity index (χ1) is 16.6. The monoisotopic (exact) mass is 510 g/mol. The summed E-state index contributed by atoms with van der Waals surface area (Å²) >= 11 is 6.37. The first kappa shape index (κ1) is 25.4. The number of pyridine rings is 1. The van der Waals surface area contributed by atoms with Crippen LogP contribution in [0.15, 0.2) is 41.6 Å². The first-order valence-corrected chi connectivity index (χ1v) is 12.2. The Hall–Kier alpha value is -2.68. The van der Waals surface area contributed by atoms with Gasteiger partial charge in [0.25, 0.3) is 0 Å². The summed E-state index contributed by atoms with van der Waals surface area (Å²) in [7, 11) is 1.57. The van der Waals surface area contributed by atoms with Gasteiger partial charge in [-0.2, -0.15) is 18.3 Å². The van der Waals surface area contributed by atoms with Gasteiger partial charge in [-0.25, -0.2) is 4.98 Å². The average Bonchev–Trinajstić information content (AvgIpc) is 3.18. The number of hydrogen-bond acceptors (Lipinski definition) is 6. The number of hydrazone groups is 1. The van der Waals surface area contributed by atoms with Crippen LogP contribution in [0.4, 0.5) is 24.5 Å². The molecule has 190 valence electrons. The van der Waals surface area contributed by atoms with E-state index in [0.717, 1.165) is 25.2 Å². The summed E-state index contributed by atoms with van der Waals surface area (Å²) in [6, 6.07) is 8.66. The van der Waals surface area contributed by atoms with Crippen LogP contribution in [0.1, 0.15) is 33.6 Å². The highest BCUT2D eigenvalue weighted by molar-refractivity contribution is 6.33. The molecule has 3 heterocycles. The molecule has 0 bridgehead atoms. The number of piperidine rings is 1. The van der Waals surface area contributed by atoms with Crippen molar-refractivity contribution in [3.8, 4) is 11.6 Å². The van der Waals surface area contributed by atoms with Gasteiger partial charge in [-0.3, -0.25) is 5.01 Å². The summed E-state index contributed by atoms with van der Waals surface area (Å²) in [5.74, 6) is 0.736. The van der Waals surface area contributed by atoms with Crippen LogP contribution in [0.3, 0.4) is 0 Å². The van der Waals surface area contributed by atoms with Crippen LogP contribution in [0, 0.1) is 11.8 Å². The largest absolute Gasteiger partial charge is 0.490 e. The van der Waals surface area contributed by atoms with Crippen LogP contribution in [0.25, 0.3) is 0 Å². The lowest BCUT2D eigenvalue weighted by Crippen LogP contribution is -2.44. The third kappa shape index (κ3) is 5.29. The Morgan fingerprint density at radius 1 is 1.17 bits per heavy atom. The molecule has 0 radical (unpaired) electrons. The van der Waals surface area contributed by atoms with Crippen LogP contribution in [0.2, 0.25) is 5.02 Å². The molecule has 0 aliphatic carbocycles. The molecule has 2 aliphatic heterocycles. The van der Waals surface area contributed by atoms with Gasteiger partial charge in [-0.15, -0.1) is 0 Å². The number of aromatic nitrogens is 1. The summed E-state index contributed by atoms with van der Waals surface area (Å²) in [5, 5.41) is 6.00. The minimum absolute atomic E-state index is 0.00432. The van der Waals surface area contributed by atoms with Gasteiger partial charge in [0.05, 0.1) is 35.7 Å². The maximum Gasteiger partial charge on any atom is 0.431 e. The molecule has 0 spiro atoms. The van der Waals surface area contributed by atoms with Gasteiger partial charge in [-0.05, 0) is 30.7 Å². The molecule has 0 N–H and O–H groups in total. The molecule has 4 atom stereocenters. The zero-order chi connectivity index (χ0) is 25.3. The number of hydrogen-bond donors (Lipinski definition) is 0. The predicted octanol–water partition coefficient (Wildman–Crippen LogP) is 6.19. The Kier molecular flexibility index (Phi) is 7.35. The SMILES string of the molecule is CC[C@H]1C(C)C(C(F)(F)F)=NN1c1ccc(O[C@@H]2CCN(c3cc(OC)ncc3Cl)CC2C)cc1. The lowest BCUT2D eigenvalue weighted by Gasteiger charge is -2.38. The lowest BCUT2D eigenvalue weighted by molar-refractivity contribution is -0.0620. The van der Waals surface area contributed by atoms with Crippen molar-refractivity contribution in [3.63, 3.8) is 0 Å². The standard InChI is InChI=1S/C25H30ClF3N4O2/c1-5-20-16(3)24(25(27,28)29)31-33(20)17-6-8-18(9-7-17)35-22-10-11-32(14-15(22)2)21-12-23(34-4)30-13-19(21)26/h6-9,12-13,15-16,20,22H,5,10-11,14H2,1-4H3/t15?,16?,20-,22+/m0/s1. The molecule has 0 saturated carbocycles. The van der Waals surface area contributed by atoms with Crippen molar-refractivity contribution in [1.29, 1.82) is 0 Å². The van der Waals surface area contributed by atoms with Crippen molar-refractivity contribution >= 4 is 28.7 Å². The number of halogens is 4. The minimum atomic E-state index is -4.43. The Bertz CT molecular complexity index is 1060. The average molecular weight is 511 g/mol. The number of rotatable bonds is 6. The van der Waals surface area contributed by atoms with E-state index in [1.807, 2.05) is 13.0 Å². The quantitative estimate of drug-likeness (QED) is 0.464. The van der Waals surface area contributed by atoms with Gasteiger partial charge in [0.15, 0.2) is 0 Å². The molecule has 2 aliphatic rings. The third-order valence-corrected chi connectivity index (χ3v) is 7.11. The Balaban J connectivity index is 1.42. The number of ether oxygens (including phenoxy) is 2. The van der Waals surface area contributed by atoms with Crippen LogP contribution in [-0.4, -0.2) is 49.2 Å². The van der Waals surface area contributed by atoms with Crippen molar-refractivity contribution in [1.82, 2.24) is 4.98 Å². The second kappa shape index (κ2) is 10.1. The van der Waals surface area contributed by atoms with E-state index in [9.17, 15) is 13.2 Å². The van der Waals surface area contributed by atoms with E-state index >= 15 is 0 Å². The van der Waals surface area contributed by atoms with Crippen molar-refractivity contribution < 1.29 is 22.6 Å². The molecule has 2 unspecified atom stereocenters. The molecule has 35 heavy (non-hydrogen) atoms. The van der Waals surface area contributed by atoms with E-state index in [1.165, 1.54) is 5.01 Å². The maximum absolute atomic E-state index is 13.4. The molecule has 1 aromatic heterocycles. The number of nitrogens with zero attached hydrogens (tertiary/aromatic N) is 4. The van der Waals surface area contributed by atoms with E-state index in [4.69, 9.17) is 21.1 Å². The highest BCUT2D eigenvalue weighted by atomic mass is 35.5. The summed E-state index contributed by atoms with van der Waals surface area (Å²) < 4.78 is 51.6. The molecule has 10 heteroatoms. The number of alkyl halides is 3. The van der Waals surface area contributed by atoms with Crippen LogP contribution >= 0.6 is 11.6 Å². The summed E-state index contributed by atoms with van der Waals surface area (Å²) in [5.41, 5.74) is 0.786. The zero-order valence-corrected chi connectivity index (χ0v) is 21.0. The second-order valence-electron chi connectivity index (χ2n) is 9.13. The molecule has 1 aromatic carbocycles. The Labute approximate surface area is 208 Å². The van der Waals surface area contributed by atoms with E-state index in [0.29, 0.717) is 28.8 Å². The highest BCUT2D eigenvalue weighted by Gasteiger charge is 2.47. The molecule has 0 amide bonds. The maximum atomic E-state index is 13.4. The first-order valence-electron chi connectivity index (χ1n) is 11.8. The molecular weight excluding hydrogens is 481 g/mol. The van der Waals surface area contributed by atoms with E-state index in [-0.39, 0.29) is 18.1 Å². The van der Waals surface area contributed by atoms with Gasteiger partial charge in [0.1, 0.15) is 17.6 Å². The van der Waals surface area contributed by atoms with Crippen molar-refractivity contribution in [2.45, 2.75) is 51.9 Å². The molecule has 4 rings (SSSR count). The second-order valence-corrected chi connectivity index (χ2v) is 9.54. The fourth-order valence-electron chi connectivity index (χ4n) is 4.90. The van der Waals surface area contributed by atoms with Crippen molar-refractivity contribution in [3.05, 3.63) is 41.6 Å². The van der Waals surface area contributed by atoms with Gasteiger partial charge in [0.2, 0.25) is 5.88 Å². The predicted molar refractivity (Wildman–Crippen MR) is 132 cm³/mol. The van der Waals surface area contributed by atoms with Crippen molar-refractivity contribution in [2.24, 2.45) is 16.9 Å². The Morgan fingerprint density at radius 2 is 1.89 bits per heavy atom. The minimum Gasteiger partial charge on any atom is -0.490 e. The molecular formula is C25H30ClF3N4O2. The third-order valence-electron chi connectivity index (χ3n) is 6.82. The van der Waals surface area contributed by atoms with Crippen LogP contribution in [-0.2, 0) is 0 Å². The molecule has 6 nitrogen and oxygen atoms in total. The summed E-state index contributed by atoms with van der Waals surface area (Å²) in [6.07, 6.45) is -1.47. The number of benzene rings is 1. The van der Waals surface area contributed by atoms with Crippen molar-refractivity contribution in [2.75, 3.05) is 30.1 Å². The zero-order valence-electron chi connectivity index (χ0n) is 20.2. The fraction of sp³-hybridized carbons (Fsp3) is 0.520. The van der Waals surface area contributed by atoms with E-state index in [2.05, 4.69) is 21.9 Å². The summed E-state index contributed by atoms with van der Waals surface area (Å²) in [4.78, 5) is 6.34. The molecule has 1 saturated heterocycles. The van der Waals surface area contributed by atoms with Crippen LogP contribution in [0.5, 0.6) is 11.6 Å². The molecule has 1 fully saturated rings. The van der Waals surface area contributed by atoms with Gasteiger partial charge >= 0.3 is 6.18 Å². The normalized spacial score (nSPS) is 25.0. The van der Waals surface area contributed by atoms with E-state index < -0.39 is 17.8 Å². The Morgan fingerprint density at radius 3 is 2.49 bits per heavy atom. The van der Waals surface area contributed by atoms with Gasteiger partial charge in [0, 0.05) is 37.4 Å². The van der Waals surface area contributed by atoms with E-state index in [1.54, 1.807) is 44.5 Å². The topological polar surface area (TPSA) is 50.2 Å². The lowest BCUT2D eigenvalue weighted by atomic mass is 9.95. The number of methoxy groups -OCH3 is 1. The molecule has 2 aromatic rings. The van der Waals surface area contributed by atoms with Crippen LogP contribution < -0.4 is 19.4 Å².